The molecular weight excluding hydrogens is 450 g/mol. The molecule has 0 bridgehead atoms. The van der Waals surface area contributed by atoms with Crippen molar-refractivity contribution in [1.29, 1.82) is 0 Å². The number of hydrogen-bond donors (Lipinski definition) is 3. The molecule has 0 saturated carbocycles. The molecule has 3 heterocycles. The van der Waals surface area contributed by atoms with Crippen molar-refractivity contribution >= 4 is 51.3 Å². The zero-order chi connectivity index (χ0) is 22.7. The van der Waals surface area contributed by atoms with E-state index in [4.69, 9.17) is 11.6 Å². The van der Waals surface area contributed by atoms with Gasteiger partial charge in [0.15, 0.2) is 5.13 Å². The molecule has 9 nitrogen and oxygen atoms in total. The van der Waals surface area contributed by atoms with E-state index in [0.29, 0.717) is 32.4 Å². The second kappa shape index (κ2) is 9.78. The van der Waals surface area contributed by atoms with Crippen LogP contribution in [-0.2, 0) is 0 Å². The van der Waals surface area contributed by atoms with Crippen LogP contribution in [0.3, 0.4) is 0 Å². The lowest BCUT2D eigenvalue weighted by atomic mass is 10.2. The first-order valence-corrected chi connectivity index (χ1v) is 11.3. The molecule has 0 radical (unpaired) electrons. The fraction of sp³-hybridized carbons (Fsp3) is 0.333. The number of nitrogens with one attached hydrogen (secondary N) is 2. The Labute approximate surface area is 195 Å². The number of carbonyl (C=O) groups excluding carboxylic acids is 1. The smallest absolute Gasteiger partial charge is 0.267 e. The van der Waals surface area contributed by atoms with Crippen molar-refractivity contribution < 1.29 is 9.90 Å². The van der Waals surface area contributed by atoms with Crippen LogP contribution in [0.2, 0.25) is 5.02 Å². The molecule has 32 heavy (non-hydrogen) atoms. The van der Waals surface area contributed by atoms with Crippen LogP contribution >= 0.6 is 22.9 Å². The standard InChI is InChI=1S/C21H24ClN7O2S/c1-13-9-15(22)3-4-16(13)26-20(31)17-11-23-21(32-17)27-18-10-19(25-14(2)24-18)29-7-5-28(12-30)6-8-29/h3-4,9-11,30H,5-8,12H2,1-2H3,(H,26,31)(H,23,24,25,27). The van der Waals surface area contributed by atoms with E-state index in [9.17, 15) is 9.90 Å². The highest BCUT2D eigenvalue weighted by molar-refractivity contribution is 7.17. The average molecular weight is 474 g/mol. The first-order valence-electron chi connectivity index (χ1n) is 10.2. The van der Waals surface area contributed by atoms with Crippen LogP contribution in [0, 0.1) is 13.8 Å². The van der Waals surface area contributed by atoms with Crippen LogP contribution in [0.15, 0.2) is 30.5 Å². The Morgan fingerprint density at radius 1 is 1.19 bits per heavy atom. The Bertz CT molecular complexity index is 1120. The highest BCUT2D eigenvalue weighted by Crippen LogP contribution is 2.26. The van der Waals surface area contributed by atoms with Crippen molar-refractivity contribution in [3.8, 4) is 0 Å². The third-order valence-electron chi connectivity index (χ3n) is 5.12. The van der Waals surface area contributed by atoms with E-state index < -0.39 is 0 Å². The number of carbonyl (C=O) groups is 1. The largest absolute Gasteiger partial charge is 0.381 e. The second-order valence-corrected chi connectivity index (χ2v) is 8.94. The van der Waals surface area contributed by atoms with Crippen LogP contribution in [0.25, 0.3) is 0 Å². The van der Waals surface area contributed by atoms with Gasteiger partial charge in [-0.15, -0.1) is 0 Å². The zero-order valence-electron chi connectivity index (χ0n) is 17.8. The molecule has 0 spiro atoms. The van der Waals surface area contributed by atoms with E-state index in [1.54, 1.807) is 18.2 Å². The number of thiazole rings is 1. The second-order valence-electron chi connectivity index (χ2n) is 7.47. The van der Waals surface area contributed by atoms with Gasteiger partial charge in [-0.05, 0) is 37.6 Å². The minimum absolute atomic E-state index is 0.0704. The van der Waals surface area contributed by atoms with Crippen LogP contribution in [0.5, 0.6) is 0 Å². The number of aryl methyl sites for hydroxylation is 2. The van der Waals surface area contributed by atoms with Gasteiger partial charge in [-0.1, -0.05) is 22.9 Å². The number of nitrogens with zero attached hydrogens (tertiary/aromatic N) is 5. The number of anilines is 4. The molecule has 11 heteroatoms. The molecule has 1 aliphatic heterocycles. The maximum absolute atomic E-state index is 12.6. The van der Waals surface area contributed by atoms with E-state index in [2.05, 4.69) is 30.5 Å². The fourth-order valence-corrected chi connectivity index (χ4v) is 4.34. The van der Waals surface area contributed by atoms with Crippen molar-refractivity contribution in [3.63, 3.8) is 0 Å². The predicted molar refractivity (Wildman–Crippen MR) is 127 cm³/mol. The molecule has 4 rings (SSSR count). The molecule has 1 aliphatic rings. The highest BCUT2D eigenvalue weighted by atomic mass is 35.5. The van der Waals surface area contributed by atoms with Gasteiger partial charge in [0, 0.05) is 43.0 Å². The molecule has 3 N–H and O–H groups in total. The highest BCUT2D eigenvalue weighted by Gasteiger charge is 2.19. The van der Waals surface area contributed by atoms with Gasteiger partial charge in [-0.2, -0.15) is 0 Å². The molecule has 0 atom stereocenters. The summed E-state index contributed by atoms with van der Waals surface area (Å²) >= 11 is 7.23. The number of piperazine rings is 1. The van der Waals surface area contributed by atoms with E-state index in [-0.39, 0.29) is 12.6 Å². The number of rotatable bonds is 6. The Balaban J connectivity index is 1.44. The van der Waals surface area contributed by atoms with E-state index >= 15 is 0 Å². The summed E-state index contributed by atoms with van der Waals surface area (Å²) < 4.78 is 0. The number of aliphatic hydroxyl groups is 1. The predicted octanol–water partition coefficient (Wildman–Crippen LogP) is 3.27. The number of hydrogen-bond acceptors (Lipinski definition) is 9. The summed E-state index contributed by atoms with van der Waals surface area (Å²) in [6.07, 6.45) is 1.54. The third-order valence-corrected chi connectivity index (χ3v) is 6.27. The number of halogens is 1. The summed E-state index contributed by atoms with van der Waals surface area (Å²) in [5.41, 5.74) is 1.59. The van der Waals surface area contributed by atoms with Gasteiger partial charge < -0.3 is 20.6 Å². The molecule has 1 aromatic carbocycles. The number of aliphatic hydroxyl groups excluding tert-OH is 1. The molecule has 1 fully saturated rings. The summed E-state index contributed by atoms with van der Waals surface area (Å²) in [4.78, 5) is 30.6. The Morgan fingerprint density at radius 3 is 2.69 bits per heavy atom. The quantitative estimate of drug-likeness (QED) is 0.500. The van der Waals surface area contributed by atoms with Crippen molar-refractivity contribution in [2.24, 2.45) is 0 Å². The van der Waals surface area contributed by atoms with E-state index in [1.807, 2.05) is 24.8 Å². The fourth-order valence-electron chi connectivity index (χ4n) is 3.39. The molecule has 1 amide bonds. The Hall–Kier alpha value is -2.79. The molecule has 1 saturated heterocycles. The number of amides is 1. The average Bonchev–Trinajstić information content (AvgIpc) is 3.24. The van der Waals surface area contributed by atoms with Crippen molar-refractivity contribution in [3.05, 3.63) is 51.7 Å². The van der Waals surface area contributed by atoms with Crippen LogP contribution < -0.4 is 15.5 Å². The van der Waals surface area contributed by atoms with Gasteiger partial charge in [0.2, 0.25) is 0 Å². The first kappa shape index (κ1) is 22.4. The van der Waals surface area contributed by atoms with E-state index in [0.717, 1.165) is 37.6 Å². The summed E-state index contributed by atoms with van der Waals surface area (Å²) in [5.74, 6) is 1.85. The first-order chi connectivity index (χ1) is 15.4. The maximum atomic E-state index is 12.6. The van der Waals surface area contributed by atoms with E-state index in [1.165, 1.54) is 17.5 Å². The molecule has 0 unspecified atom stereocenters. The number of benzene rings is 1. The zero-order valence-corrected chi connectivity index (χ0v) is 19.4. The van der Waals surface area contributed by atoms with Gasteiger partial charge in [-0.25, -0.2) is 15.0 Å². The monoisotopic (exact) mass is 473 g/mol. The SMILES string of the molecule is Cc1nc(Nc2ncc(C(=O)Nc3ccc(Cl)cc3C)s2)cc(N2CCN(CO)CC2)n1. The van der Waals surface area contributed by atoms with Crippen molar-refractivity contribution in [2.45, 2.75) is 13.8 Å². The molecule has 3 aromatic rings. The summed E-state index contributed by atoms with van der Waals surface area (Å²) in [6, 6.07) is 7.19. The van der Waals surface area contributed by atoms with Crippen LogP contribution in [-0.4, -0.2) is 63.8 Å². The Morgan fingerprint density at radius 2 is 1.97 bits per heavy atom. The lowest BCUT2D eigenvalue weighted by Crippen LogP contribution is -2.47. The topological polar surface area (TPSA) is 107 Å². The molecular formula is C21H24ClN7O2S. The lowest BCUT2D eigenvalue weighted by molar-refractivity contribution is 0.102. The molecule has 168 valence electrons. The van der Waals surface area contributed by atoms with Gasteiger partial charge >= 0.3 is 0 Å². The van der Waals surface area contributed by atoms with Gasteiger partial charge in [0.1, 0.15) is 22.3 Å². The molecule has 2 aromatic heterocycles. The Kier molecular flexibility index (Phi) is 6.85. The van der Waals surface area contributed by atoms with Gasteiger partial charge in [0.05, 0.1) is 12.9 Å². The summed E-state index contributed by atoms with van der Waals surface area (Å²) in [5, 5.41) is 16.5. The van der Waals surface area contributed by atoms with Crippen molar-refractivity contribution in [2.75, 3.05) is 48.4 Å². The summed E-state index contributed by atoms with van der Waals surface area (Å²) in [7, 11) is 0. The summed E-state index contributed by atoms with van der Waals surface area (Å²) in [6.45, 7) is 6.92. The lowest BCUT2D eigenvalue weighted by Gasteiger charge is -2.34. The number of aromatic nitrogens is 3. The minimum Gasteiger partial charge on any atom is -0.381 e. The molecule has 0 aliphatic carbocycles. The maximum Gasteiger partial charge on any atom is 0.267 e. The third kappa shape index (κ3) is 5.33. The normalized spacial score (nSPS) is 14.4. The van der Waals surface area contributed by atoms with Gasteiger partial charge in [0.25, 0.3) is 5.91 Å². The van der Waals surface area contributed by atoms with Crippen LogP contribution in [0.1, 0.15) is 21.1 Å². The van der Waals surface area contributed by atoms with Crippen molar-refractivity contribution in [1.82, 2.24) is 19.9 Å². The minimum atomic E-state index is -0.234. The van der Waals surface area contributed by atoms with Crippen LogP contribution in [0.4, 0.5) is 22.5 Å². The van der Waals surface area contributed by atoms with Gasteiger partial charge in [-0.3, -0.25) is 9.69 Å².